The molecule has 0 bridgehead atoms. The molecular weight excluding hydrogens is 486 g/mol. The molecule has 4 rings (SSSR count). The van der Waals surface area contributed by atoms with Gasteiger partial charge in [-0.3, -0.25) is 4.57 Å². The van der Waals surface area contributed by atoms with Gasteiger partial charge in [-0.25, -0.2) is 18.4 Å². The van der Waals surface area contributed by atoms with Crippen LogP contribution in [0.15, 0.2) is 47.1 Å². The first-order valence-corrected chi connectivity index (χ1v) is 12.8. The molecule has 0 spiro atoms. The molecule has 1 aromatic carbocycles. The SMILES string of the molecule is COc1cccc(OC)c1-n1c(CS(=O)(=O)[C@H](C)[C@H](O)c2ncc(C)cn2)nnc1-c1ccc(C)o1. The van der Waals surface area contributed by atoms with Gasteiger partial charge in [-0.2, -0.15) is 0 Å². The lowest BCUT2D eigenvalue weighted by atomic mass is 10.2. The Balaban J connectivity index is 1.81. The van der Waals surface area contributed by atoms with E-state index in [0.717, 1.165) is 5.56 Å². The maximum Gasteiger partial charge on any atom is 0.204 e. The highest BCUT2D eigenvalue weighted by atomic mass is 32.2. The summed E-state index contributed by atoms with van der Waals surface area (Å²) < 4.78 is 45.3. The van der Waals surface area contributed by atoms with Crippen LogP contribution in [-0.4, -0.2) is 57.7 Å². The van der Waals surface area contributed by atoms with Crippen LogP contribution in [0.3, 0.4) is 0 Å². The van der Waals surface area contributed by atoms with Crippen molar-refractivity contribution in [2.75, 3.05) is 14.2 Å². The molecular formula is C24H27N5O6S. The van der Waals surface area contributed by atoms with Crippen LogP contribution in [0, 0.1) is 13.8 Å². The van der Waals surface area contributed by atoms with Gasteiger partial charge in [-0.1, -0.05) is 6.07 Å². The maximum atomic E-state index is 13.4. The van der Waals surface area contributed by atoms with E-state index in [2.05, 4.69) is 20.2 Å². The van der Waals surface area contributed by atoms with E-state index in [0.29, 0.717) is 28.7 Å². The van der Waals surface area contributed by atoms with E-state index in [-0.39, 0.29) is 17.5 Å². The highest BCUT2D eigenvalue weighted by molar-refractivity contribution is 7.91. The number of hydrogen-bond acceptors (Lipinski definition) is 10. The number of sulfone groups is 1. The third-order valence-electron chi connectivity index (χ3n) is 5.72. The predicted molar refractivity (Wildman–Crippen MR) is 131 cm³/mol. The Bertz CT molecular complexity index is 1440. The molecule has 11 nitrogen and oxygen atoms in total. The number of aliphatic hydroxyl groups excluding tert-OH is 1. The van der Waals surface area contributed by atoms with Crippen molar-refractivity contribution in [3.05, 3.63) is 65.7 Å². The van der Waals surface area contributed by atoms with E-state index in [1.165, 1.54) is 38.1 Å². The van der Waals surface area contributed by atoms with Gasteiger partial charge in [0, 0.05) is 12.4 Å². The van der Waals surface area contributed by atoms with Crippen molar-refractivity contribution >= 4 is 9.84 Å². The fourth-order valence-electron chi connectivity index (χ4n) is 3.68. The molecule has 12 heteroatoms. The lowest BCUT2D eigenvalue weighted by molar-refractivity contribution is 0.166. The van der Waals surface area contributed by atoms with E-state index in [1.54, 1.807) is 44.2 Å². The van der Waals surface area contributed by atoms with Crippen LogP contribution >= 0.6 is 0 Å². The first kappa shape index (κ1) is 25.3. The van der Waals surface area contributed by atoms with E-state index >= 15 is 0 Å². The minimum atomic E-state index is -3.97. The molecule has 3 aromatic heterocycles. The van der Waals surface area contributed by atoms with Gasteiger partial charge >= 0.3 is 0 Å². The highest BCUT2D eigenvalue weighted by Crippen LogP contribution is 2.37. The summed E-state index contributed by atoms with van der Waals surface area (Å²) in [6.07, 6.45) is 1.61. The Morgan fingerprint density at radius 2 is 1.67 bits per heavy atom. The number of hydrogen-bond donors (Lipinski definition) is 1. The number of rotatable bonds is 9. The summed E-state index contributed by atoms with van der Waals surface area (Å²) >= 11 is 0. The van der Waals surface area contributed by atoms with Crippen LogP contribution < -0.4 is 9.47 Å². The molecule has 0 amide bonds. The summed E-state index contributed by atoms with van der Waals surface area (Å²) in [5.41, 5.74) is 1.21. The lowest BCUT2D eigenvalue weighted by Crippen LogP contribution is -2.29. The minimum absolute atomic E-state index is 0.0243. The van der Waals surface area contributed by atoms with Crippen molar-refractivity contribution in [2.24, 2.45) is 0 Å². The number of aliphatic hydroxyl groups is 1. The first-order valence-electron chi connectivity index (χ1n) is 11.1. The van der Waals surface area contributed by atoms with Crippen molar-refractivity contribution in [2.45, 2.75) is 37.9 Å². The molecule has 0 radical (unpaired) electrons. The largest absolute Gasteiger partial charge is 0.494 e. The van der Waals surface area contributed by atoms with Crippen LogP contribution in [0.2, 0.25) is 0 Å². The van der Waals surface area contributed by atoms with Crippen LogP contribution in [0.1, 0.15) is 36.0 Å². The average Bonchev–Trinajstić information content (AvgIpc) is 3.48. The number of benzene rings is 1. The second-order valence-electron chi connectivity index (χ2n) is 8.27. The maximum absolute atomic E-state index is 13.4. The molecule has 36 heavy (non-hydrogen) atoms. The quantitative estimate of drug-likeness (QED) is 0.355. The van der Waals surface area contributed by atoms with Gasteiger partial charge in [0.25, 0.3) is 0 Å². The number of nitrogens with zero attached hydrogens (tertiary/aromatic N) is 5. The Kier molecular flexibility index (Phi) is 7.09. The first-order chi connectivity index (χ1) is 17.2. The standard InChI is InChI=1S/C24H27N5O6S/c1-14-11-25-23(26-12-14)22(30)16(3)36(31,32)13-20-27-28-24(19-10-9-15(2)35-19)29(20)21-17(33-4)7-6-8-18(21)34-5/h6-12,16,22,30H,13H2,1-5H3/t16-,22+/m1/s1. The van der Waals surface area contributed by atoms with E-state index < -0.39 is 26.9 Å². The van der Waals surface area contributed by atoms with Crippen LogP contribution in [-0.2, 0) is 15.6 Å². The molecule has 0 aliphatic rings. The number of furan rings is 1. The summed E-state index contributed by atoms with van der Waals surface area (Å²) in [6, 6.07) is 8.67. The predicted octanol–water partition coefficient (Wildman–Crippen LogP) is 2.99. The molecule has 0 saturated heterocycles. The van der Waals surface area contributed by atoms with E-state index in [4.69, 9.17) is 13.9 Å². The second-order valence-corrected chi connectivity index (χ2v) is 10.6. The van der Waals surface area contributed by atoms with E-state index in [1.807, 2.05) is 0 Å². The molecule has 0 unspecified atom stereocenters. The smallest absolute Gasteiger partial charge is 0.204 e. The number of methoxy groups -OCH3 is 2. The van der Waals surface area contributed by atoms with Gasteiger partial charge in [0.2, 0.25) is 5.82 Å². The average molecular weight is 514 g/mol. The van der Waals surface area contributed by atoms with Gasteiger partial charge < -0.3 is 19.0 Å². The topological polar surface area (TPSA) is 142 Å². The van der Waals surface area contributed by atoms with Gasteiger partial charge in [0.15, 0.2) is 27.2 Å². The Morgan fingerprint density at radius 1 is 1.03 bits per heavy atom. The molecule has 190 valence electrons. The summed E-state index contributed by atoms with van der Waals surface area (Å²) in [5, 5.41) is 17.9. The highest BCUT2D eigenvalue weighted by Gasteiger charge is 2.34. The van der Waals surface area contributed by atoms with Crippen LogP contribution in [0.4, 0.5) is 0 Å². The molecule has 0 aliphatic carbocycles. The normalized spacial score (nSPS) is 13.4. The van der Waals surface area contributed by atoms with Crippen LogP contribution in [0.5, 0.6) is 11.5 Å². The summed E-state index contributed by atoms with van der Waals surface area (Å²) in [7, 11) is -0.978. The molecule has 0 aliphatic heterocycles. The van der Waals surface area contributed by atoms with Gasteiger partial charge in [-0.15, -0.1) is 10.2 Å². The van der Waals surface area contributed by atoms with Gasteiger partial charge in [0.05, 0.1) is 19.5 Å². The molecule has 2 atom stereocenters. The molecule has 4 aromatic rings. The van der Waals surface area contributed by atoms with Crippen molar-refractivity contribution in [1.82, 2.24) is 24.7 Å². The number of aryl methyl sites for hydroxylation is 2. The molecule has 3 heterocycles. The fraction of sp³-hybridized carbons (Fsp3) is 0.333. The summed E-state index contributed by atoms with van der Waals surface area (Å²) in [4.78, 5) is 8.14. The molecule has 0 fully saturated rings. The van der Waals surface area contributed by atoms with Gasteiger partial charge in [0.1, 0.15) is 34.8 Å². The Hall–Kier alpha value is -3.77. The Morgan fingerprint density at radius 3 is 2.22 bits per heavy atom. The summed E-state index contributed by atoms with van der Waals surface area (Å²) in [5.74, 6) is 1.71. The summed E-state index contributed by atoms with van der Waals surface area (Å²) in [6.45, 7) is 4.99. The lowest BCUT2D eigenvalue weighted by Gasteiger charge is -2.20. The second kappa shape index (κ2) is 10.1. The zero-order valence-electron chi connectivity index (χ0n) is 20.5. The van der Waals surface area contributed by atoms with Crippen molar-refractivity contribution in [3.63, 3.8) is 0 Å². The zero-order chi connectivity index (χ0) is 26.0. The molecule has 1 N–H and O–H groups in total. The third-order valence-corrected chi connectivity index (χ3v) is 7.77. The molecule has 0 saturated carbocycles. The van der Waals surface area contributed by atoms with Crippen molar-refractivity contribution < 1.29 is 27.4 Å². The van der Waals surface area contributed by atoms with Crippen LogP contribution in [0.25, 0.3) is 17.3 Å². The van der Waals surface area contributed by atoms with E-state index in [9.17, 15) is 13.5 Å². The fourth-order valence-corrected chi connectivity index (χ4v) is 5.01. The zero-order valence-corrected chi connectivity index (χ0v) is 21.4. The number of ether oxygens (including phenoxy) is 2. The third kappa shape index (κ3) is 4.82. The van der Waals surface area contributed by atoms with Crippen molar-refractivity contribution in [3.8, 4) is 28.8 Å². The Labute approximate surface area is 208 Å². The monoisotopic (exact) mass is 513 g/mol. The number of para-hydroxylation sites is 1. The minimum Gasteiger partial charge on any atom is -0.494 e. The van der Waals surface area contributed by atoms with Crippen molar-refractivity contribution in [1.29, 1.82) is 0 Å². The number of aromatic nitrogens is 5. The van der Waals surface area contributed by atoms with Gasteiger partial charge in [-0.05, 0) is 50.6 Å².